The van der Waals surface area contributed by atoms with Crippen molar-refractivity contribution in [2.24, 2.45) is 5.73 Å². The molecule has 0 saturated heterocycles. The highest BCUT2D eigenvalue weighted by Gasteiger charge is 2.21. The fourth-order valence-electron chi connectivity index (χ4n) is 1.20. The van der Waals surface area contributed by atoms with Gasteiger partial charge >= 0.3 is 0 Å². The third-order valence-electron chi connectivity index (χ3n) is 2.13. The second kappa shape index (κ2) is 2.66. The van der Waals surface area contributed by atoms with Gasteiger partial charge in [0, 0.05) is 12.0 Å². The van der Waals surface area contributed by atoms with Gasteiger partial charge in [-0.3, -0.25) is 4.79 Å². The minimum Gasteiger partial charge on any atom is -0.366 e. The van der Waals surface area contributed by atoms with E-state index in [2.05, 4.69) is 14.1 Å². The summed E-state index contributed by atoms with van der Waals surface area (Å²) in [5.74, 6) is -0.260. The number of nitrogens with two attached hydrogens (primary N) is 1. The largest absolute Gasteiger partial charge is 0.366 e. The van der Waals surface area contributed by atoms with Crippen molar-refractivity contribution in [1.29, 1.82) is 0 Å². The quantitative estimate of drug-likeness (QED) is 0.527. The fraction of sp³-hybridized carbons (Fsp3) is 0.625. The smallest absolute Gasteiger partial charge is 0.244 e. The molecule has 0 fully saturated rings. The number of primary amides is 1. The molecule has 0 saturated carbocycles. The topological polar surface area (TPSA) is 43.1 Å². The van der Waals surface area contributed by atoms with Crippen molar-refractivity contribution in [3.63, 3.8) is 0 Å². The van der Waals surface area contributed by atoms with Crippen LogP contribution in [-0.2, 0) is 4.79 Å². The first-order valence-electron chi connectivity index (χ1n) is 3.82. The van der Waals surface area contributed by atoms with Crippen LogP contribution in [-0.4, -0.2) is 37.6 Å². The molecule has 0 radical (unpaired) electrons. The summed E-state index contributed by atoms with van der Waals surface area (Å²) < 4.78 is 0.955. The molecule has 1 heterocycles. The number of nitrogens with zero attached hydrogens (tertiary/aromatic N) is 1. The van der Waals surface area contributed by atoms with Crippen molar-refractivity contribution in [2.75, 3.05) is 27.2 Å². The van der Waals surface area contributed by atoms with Crippen LogP contribution in [0.4, 0.5) is 0 Å². The summed E-state index contributed by atoms with van der Waals surface area (Å²) in [5, 5.41) is 0. The molecule has 0 spiro atoms. The number of quaternary nitrogens is 1. The molecular formula is C8H15N2O+. The molecule has 0 unspecified atom stereocenters. The molecule has 0 aromatic rings. The summed E-state index contributed by atoms with van der Waals surface area (Å²) >= 11 is 0. The number of hydrogen-bond donors (Lipinski definition) is 1. The van der Waals surface area contributed by atoms with Crippen LogP contribution in [0, 0.1) is 0 Å². The monoisotopic (exact) mass is 155 g/mol. The number of amides is 1. The molecular weight excluding hydrogens is 140 g/mol. The highest BCUT2D eigenvalue weighted by atomic mass is 16.1. The zero-order valence-corrected chi connectivity index (χ0v) is 7.13. The Morgan fingerprint density at radius 2 is 2.27 bits per heavy atom. The van der Waals surface area contributed by atoms with E-state index in [1.807, 2.05) is 6.08 Å². The third kappa shape index (κ3) is 2.05. The molecule has 1 amide bonds. The molecule has 3 nitrogen and oxygen atoms in total. The highest BCUT2D eigenvalue weighted by Crippen LogP contribution is 2.13. The minimum absolute atomic E-state index is 0.260. The molecule has 11 heavy (non-hydrogen) atoms. The van der Waals surface area contributed by atoms with Crippen molar-refractivity contribution >= 4 is 5.91 Å². The molecule has 1 aliphatic rings. The standard InChI is InChI=1S/C8H14N2O/c1-10(2)5-3-7(4-6-10)8(9)11/h3H,4-6H2,1-2H3,(H-,9,11)/p+1. The number of carbonyl (C=O) groups excluding carboxylic acids is 1. The molecule has 1 rings (SSSR count). The summed E-state index contributed by atoms with van der Waals surface area (Å²) in [7, 11) is 4.29. The zero-order valence-electron chi connectivity index (χ0n) is 7.13. The SMILES string of the molecule is C[N+]1(C)CC=C(C(N)=O)CC1. The van der Waals surface area contributed by atoms with Crippen LogP contribution in [0.15, 0.2) is 11.6 Å². The maximum Gasteiger partial charge on any atom is 0.244 e. The molecule has 1 aliphatic heterocycles. The van der Waals surface area contributed by atoms with Gasteiger partial charge in [-0.05, 0) is 6.08 Å². The van der Waals surface area contributed by atoms with Crippen molar-refractivity contribution in [2.45, 2.75) is 6.42 Å². The second-order valence-corrected chi connectivity index (χ2v) is 3.69. The maximum absolute atomic E-state index is 10.7. The van der Waals surface area contributed by atoms with E-state index in [9.17, 15) is 4.79 Å². The maximum atomic E-state index is 10.7. The van der Waals surface area contributed by atoms with E-state index in [1.165, 1.54) is 0 Å². The van der Waals surface area contributed by atoms with Gasteiger partial charge in [0.15, 0.2) is 0 Å². The average Bonchev–Trinajstić information content (AvgIpc) is 1.86. The molecule has 0 bridgehead atoms. The van der Waals surface area contributed by atoms with E-state index in [1.54, 1.807) is 0 Å². The number of hydrogen-bond acceptors (Lipinski definition) is 1. The lowest BCUT2D eigenvalue weighted by Gasteiger charge is -2.31. The summed E-state index contributed by atoms with van der Waals surface area (Å²) in [5.41, 5.74) is 5.94. The van der Waals surface area contributed by atoms with Crippen LogP contribution >= 0.6 is 0 Å². The van der Waals surface area contributed by atoms with Gasteiger partial charge in [-0.1, -0.05) is 0 Å². The Hall–Kier alpha value is -0.830. The van der Waals surface area contributed by atoms with E-state index in [0.29, 0.717) is 0 Å². The van der Waals surface area contributed by atoms with Crippen LogP contribution in [0.2, 0.25) is 0 Å². The summed E-state index contributed by atoms with van der Waals surface area (Å²) in [6.07, 6.45) is 2.77. The Morgan fingerprint density at radius 1 is 1.64 bits per heavy atom. The van der Waals surface area contributed by atoms with Gasteiger partial charge in [0.25, 0.3) is 0 Å². The van der Waals surface area contributed by atoms with Gasteiger partial charge < -0.3 is 10.2 Å². The van der Waals surface area contributed by atoms with Gasteiger partial charge in [0.05, 0.1) is 27.2 Å². The Morgan fingerprint density at radius 3 is 2.64 bits per heavy atom. The van der Waals surface area contributed by atoms with E-state index in [-0.39, 0.29) is 5.91 Å². The van der Waals surface area contributed by atoms with Crippen LogP contribution in [0.25, 0.3) is 0 Å². The van der Waals surface area contributed by atoms with Crippen molar-refractivity contribution in [3.05, 3.63) is 11.6 Å². The summed E-state index contributed by atoms with van der Waals surface area (Å²) in [4.78, 5) is 10.7. The molecule has 0 aromatic heterocycles. The zero-order chi connectivity index (χ0) is 8.48. The molecule has 3 heteroatoms. The molecule has 0 aromatic carbocycles. The van der Waals surface area contributed by atoms with Crippen LogP contribution < -0.4 is 5.73 Å². The van der Waals surface area contributed by atoms with E-state index < -0.39 is 0 Å². The van der Waals surface area contributed by atoms with Crippen molar-refractivity contribution in [1.82, 2.24) is 0 Å². The number of carbonyl (C=O) groups is 1. The Labute approximate surface area is 67.1 Å². The number of rotatable bonds is 1. The summed E-state index contributed by atoms with van der Waals surface area (Å²) in [6, 6.07) is 0. The second-order valence-electron chi connectivity index (χ2n) is 3.69. The third-order valence-corrected chi connectivity index (χ3v) is 2.13. The van der Waals surface area contributed by atoms with Crippen molar-refractivity contribution < 1.29 is 9.28 Å². The molecule has 0 aliphatic carbocycles. The molecule has 0 atom stereocenters. The van der Waals surface area contributed by atoms with Gasteiger partial charge in [0.2, 0.25) is 5.91 Å². The Balaban J connectivity index is 2.65. The average molecular weight is 155 g/mol. The first kappa shape index (κ1) is 8.27. The van der Waals surface area contributed by atoms with Crippen LogP contribution in [0.5, 0.6) is 0 Å². The Kier molecular flexibility index (Phi) is 2.00. The van der Waals surface area contributed by atoms with E-state index in [4.69, 9.17) is 5.73 Å². The fourth-order valence-corrected chi connectivity index (χ4v) is 1.20. The van der Waals surface area contributed by atoms with Crippen LogP contribution in [0.1, 0.15) is 6.42 Å². The predicted octanol–water partition coefficient (Wildman–Crippen LogP) is -0.122. The predicted molar refractivity (Wildman–Crippen MR) is 43.7 cm³/mol. The summed E-state index contributed by atoms with van der Waals surface area (Å²) in [6.45, 7) is 1.92. The normalized spacial score (nSPS) is 22.5. The van der Waals surface area contributed by atoms with Crippen LogP contribution in [0.3, 0.4) is 0 Å². The van der Waals surface area contributed by atoms with Gasteiger partial charge in [-0.15, -0.1) is 0 Å². The van der Waals surface area contributed by atoms with E-state index >= 15 is 0 Å². The van der Waals surface area contributed by atoms with Gasteiger partial charge in [0.1, 0.15) is 0 Å². The first-order chi connectivity index (χ1) is 5.01. The lowest BCUT2D eigenvalue weighted by molar-refractivity contribution is -0.885. The Bertz CT molecular complexity index is 206. The molecule has 2 N–H and O–H groups in total. The van der Waals surface area contributed by atoms with E-state index in [0.717, 1.165) is 29.6 Å². The lowest BCUT2D eigenvalue weighted by Crippen LogP contribution is -2.44. The van der Waals surface area contributed by atoms with Gasteiger partial charge in [-0.25, -0.2) is 0 Å². The minimum atomic E-state index is -0.260. The van der Waals surface area contributed by atoms with Crippen molar-refractivity contribution in [3.8, 4) is 0 Å². The lowest BCUT2D eigenvalue weighted by atomic mass is 10.1. The number of likely N-dealkylation sites (N-methyl/N-ethyl adjacent to an activating group) is 1. The van der Waals surface area contributed by atoms with Gasteiger partial charge in [-0.2, -0.15) is 0 Å². The first-order valence-corrected chi connectivity index (χ1v) is 3.82. The highest BCUT2D eigenvalue weighted by molar-refractivity contribution is 5.91. The molecule has 62 valence electrons.